The number of aromatic nitrogens is 2. The zero-order valence-corrected chi connectivity index (χ0v) is 11.4. The van der Waals surface area contributed by atoms with Gasteiger partial charge < -0.3 is 4.74 Å². The van der Waals surface area contributed by atoms with Crippen molar-refractivity contribution in [2.45, 2.75) is 6.42 Å². The molecule has 0 saturated carbocycles. The molecule has 0 fully saturated rings. The highest BCUT2D eigenvalue weighted by Crippen LogP contribution is 2.39. The molecule has 0 bridgehead atoms. The normalized spacial score (nSPS) is 13.2. The maximum Gasteiger partial charge on any atom is 0.222 e. The average molecular weight is 283 g/mol. The SMILES string of the molecule is Clc1ncc2cccc(-c3cccc4c3OCC4)c2n1. The van der Waals surface area contributed by atoms with E-state index >= 15 is 0 Å². The van der Waals surface area contributed by atoms with Gasteiger partial charge in [-0.1, -0.05) is 36.4 Å². The van der Waals surface area contributed by atoms with Crippen LogP contribution in [0.3, 0.4) is 0 Å². The van der Waals surface area contributed by atoms with E-state index in [-0.39, 0.29) is 5.28 Å². The standard InChI is InChI=1S/C16H11ClN2O/c17-16-18-9-11-4-2-5-12(14(11)19-16)13-6-1-3-10-7-8-20-15(10)13/h1-6,9H,7-8H2. The van der Waals surface area contributed by atoms with E-state index in [1.165, 1.54) is 5.56 Å². The molecule has 0 atom stereocenters. The van der Waals surface area contributed by atoms with Crippen LogP contribution in [-0.4, -0.2) is 16.6 Å². The Bertz CT molecular complexity index is 817. The second kappa shape index (κ2) is 4.46. The third-order valence-corrected chi connectivity index (χ3v) is 3.77. The Balaban J connectivity index is 2.04. The molecule has 20 heavy (non-hydrogen) atoms. The van der Waals surface area contributed by atoms with E-state index in [2.05, 4.69) is 28.2 Å². The fraction of sp³-hybridized carbons (Fsp3) is 0.125. The minimum atomic E-state index is 0.262. The molecule has 0 aliphatic carbocycles. The third-order valence-electron chi connectivity index (χ3n) is 3.59. The van der Waals surface area contributed by atoms with Crippen LogP contribution >= 0.6 is 11.6 Å². The quantitative estimate of drug-likeness (QED) is 0.635. The summed E-state index contributed by atoms with van der Waals surface area (Å²) in [5.41, 5.74) is 4.21. The molecule has 0 saturated heterocycles. The van der Waals surface area contributed by atoms with E-state index in [1.54, 1.807) is 6.20 Å². The summed E-state index contributed by atoms with van der Waals surface area (Å²) in [6.45, 7) is 0.743. The summed E-state index contributed by atoms with van der Waals surface area (Å²) in [7, 11) is 0. The maximum absolute atomic E-state index is 5.94. The van der Waals surface area contributed by atoms with E-state index in [0.29, 0.717) is 0 Å². The third kappa shape index (κ3) is 1.74. The number of nitrogens with zero attached hydrogens (tertiary/aromatic N) is 2. The van der Waals surface area contributed by atoms with Gasteiger partial charge in [0, 0.05) is 29.1 Å². The number of hydrogen-bond acceptors (Lipinski definition) is 3. The summed E-state index contributed by atoms with van der Waals surface area (Å²) < 4.78 is 5.79. The van der Waals surface area contributed by atoms with Gasteiger partial charge >= 0.3 is 0 Å². The molecule has 4 heteroatoms. The fourth-order valence-corrected chi connectivity index (χ4v) is 2.81. The minimum Gasteiger partial charge on any atom is -0.492 e. The first-order valence-electron chi connectivity index (χ1n) is 6.49. The highest BCUT2D eigenvalue weighted by Gasteiger charge is 2.18. The van der Waals surface area contributed by atoms with E-state index in [9.17, 15) is 0 Å². The van der Waals surface area contributed by atoms with E-state index in [1.807, 2.05) is 18.2 Å². The smallest absolute Gasteiger partial charge is 0.222 e. The molecule has 0 spiro atoms. The molecule has 0 radical (unpaired) electrons. The first kappa shape index (κ1) is 11.7. The van der Waals surface area contributed by atoms with Gasteiger partial charge in [-0.3, -0.25) is 0 Å². The van der Waals surface area contributed by atoms with Crippen LogP contribution in [0, 0.1) is 0 Å². The molecule has 98 valence electrons. The molecule has 1 aliphatic heterocycles. The number of rotatable bonds is 1. The van der Waals surface area contributed by atoms with Crippen LogP contribution < -0.4 is 4.74 Å². The second-order valence-corrected chi connectivity index (χ2v) is 5.11. The molecule has 2 aromatic carbocycles. The van der Waals surface area contributed by atoms with Crippen LogP contribution in [0.25, 0.3) is 22.0 Å². The number of fused-ring (bicyclic) bond motifs is 2. The topological polar surface area (TPSA) is 35.0 Å². The van der Waals surface area contributed by atoms with Crippen LogP contribution in [0.1, 0.15) is 5.56 Å². The zero-order valence-electron chi connectivity index (χ0n) is 10.6. The Hall–Kier alpha value is -2.13. The lowest BCUT2D eigenvalue weighted by atomic mass is 9.99. The predicted octanol–water partition coefficient (Wildman–Crippen LogP) is 3.89. The fourth-order valence-electron chi connectivity index (χ4n) is 2.68. The van der Waals surface area contributed by atoms with Crippen LogP contribution in [0.5, 0.6) is 5.75 Å². The molecule has 0 N–H and O–H groups in total. The van der Waals surface area contributed by atoms with Crippen molar-refractivity contribution in [2.75, 3.05) is 6.61 Å². The predicted molar refractivity (Wildman–Crippen MR) is 79.2 cm³/mol. The molecular weight excluding hydrogens is 272 g/mol. The Kier molecular flexibility index (Phi) is 2.60. The van der Waals surface area contributed by atoms with E-state index in [0.717, 1.165) is 40.8 Å². The summed E-state index contributed by atoms with van der Waals surface area (Å²) in [5.74, 6) is 0.967. The summed E-state index contributed by atoms with van der Waals surface area (Å²) in [6, 6.07) is 12.3. The lowest BCUT2D eigenvalue weighted by molar-refractivity contribution is 0.358. The van der Waals surface area contributed by atoms with Crippen LogP contribution in [0.2, 0.25) is 5.28 Å². The molecule has 0 amide bonds. The number of ether oxygens (including phenoxy) is 1. The zero-order chi connectivity index (χ0) is 13.5. The van der Waals surface area contributed by atoms with Crippen molar-refractivity contribution in [3.63, 3.8) is 0 Å². The van der Waals surface area contributed by atoms with Crippen molar-refractivity contribution < 1.29 is 4.74 Å². The highest BCUT2D eigenvalue weighted by molar-refractivity contribution is 6.28. The van der Waals surface area contributed by atoms with Crippen LogP contribution in [-0.2, 0) is 6.42 Å². The van der Waals surface area contributed by atoms with Gasteiger partial charge in [0.05, 0.1) is 12.1 Å². The molecule has 0 unspecified atom stereocenters. The van der Waals surface area contributed by atoms with Gasteiger partial charge in [-0.15, -0.1) is 0 Å². The molecule has 3 nitrogen and oxygen atoms in total. The number of benzene rings is 2. The largest absolute Gasteiger partial charge is 0.492 e. The van der Waals surface area contributed by atoms with Crippen molar-refractivity contribution in [1.82, 2.24) is 9.97 Å². The van der Waals surface area contributed by atoms with Crippen molar-refractivity contribution in [3.05, 3.63) is 53.4 Å². The highest BCUT2D eigenvalue weighted by atomic mass is 35.5. The Morgan fingerprint density at radius 3 is 2.85 bits per heavy atom. The summed E-state index contributed by atoms with van der Waals surface area (Å²) in [6.07, 6.45) is 2.71. The number of halogens is 1. The Morgan fingerprint density at radius 2 is 1.90 bits per heavy atom. The lowest BCUT2D eigenvalue weighted by Crippen LogP contribution is -1.91. The van der Waals surface area contributed by atoms with Gasteiger partial charge in [-0.25, -0.2) is 9.97 Å². The van der Waals surface area contributed by atoms with Gasteiger partial charge in [0.15, 0.2) is 0 Å². The lowest BCUT2D eigenvalue weighted by Gasteiger charge is -2.10. The van der Waals surface area contributed by atoms with Gasteiger partial charge in [-0.2, -0.15) is 0 Å². The second-order valence-electron chi connectivity index (χ2n) is 4.77. The van der Waals surface area contributed by atoms with Crippen molar-refractivity contribution in [3.8, 4) is 16.9 Å². The maximum atomic E-state index is 5.94. The van der Waals surface area contributed by atoms with Gasteiger partial charge in [0.2, 0.25) is 5.28 Å². The summed E-state index contributed by atoms with van der Waals surface area (Å²) in [5, 5.41) is 1.24. The molecular formula is C16H11ClN2O. The molecule has 1 aromatic heterocycles. The summed E-state index contributed by atoms with van der Waals surface area (Å²) >= 11 is 5.94. The van der Waals surface area contributed by atoms with Gasteiger partial charge in [0.25, 0.3) is 0 Å². The number of hydrogen-bond donors (Lipinski definition) is 0. The molecule has 3 aromatic rings. The number of para-hydroxylation sites is 2. The van der Waals surface area contributed by atoms with E-state index < -0.39 is 0 Å². The monoisotopic (exact) mass is 282 g/mol. The van der Waals surface area contributed by atoms with Gasteiger partial charge in [-0.05, 0) is 17.2 Å². The molecule has 2 heterocycles. The van der Waals surface area contributed by atoms with Crippen molar-refractivity contribution >= 4 is 22.5 Å². The summed E-state index contributed by atoms with van der Waals surface area (Å²) in [4.78, 5) is 8.41. The first-order valence-corrected chi connectivity index (χ1v) is 6.87. The van der Waals surface area contributed by atoms with Crippen molar-refractivity contribution in [1.29, 1.82) is 0 Å². The van der Waals surface area contributed by atoms with Crippen molar-refractivity contribution in [2.24, 2.45) is 0 Å². The van der Waals surface area contributed by atoms with Crippen LogP contribution in [0.4, 0.5) is 0 Å². The molecule has 1 aliphatic rings. The van der Waals surface area contributed by atoms with Gasteiger partial charge in [0.1, 0.15) is 5.75 Å². The van der Waals surface area contributed by atoms with Crippen LogP contribution in [0.15, 0.2) is 42.6 Å². The Labute approximate surface area is 121 Å². The minimum absolute atomic E-state index is 0.262. The average Bonchev–Trinajstić information content (AvgIpc) is 2.95. The molecule has 4 rings (SSSR count). The van der Waals surface area contributed by atoms with E-state index in [4.69, 9.17) is 16.3 Å². The Morgan fingerprint density at radius 1 is 1.05 bits per heavy atom. The first-order chi connectivity index (χ1) is 9.83.